The van der Waals surface area contributed by atoms with Gasteiger partial charge in [0.1, 0.15) is 0 Å². The minimum absolute atomic E-state index is 0.183. The van der Waals surface area contributed by atoms with Crippen LogP contribution in [0.3, 0.4) is 0 Å². The van der Waals surface area contributed by atoms with Crippen LogP contribution in [0.15, 0.2) is 66.7 Å². The summed E-state index contributed by atoms with van der Waals surface area (Å²) in [6.45, 7) is 4.39. The Bertz CT molecular complexity index is 1290. The molecule has 1 heterocycles. The number of nitrogens with zero attached hydrogens (tertiary/aromatic N) is 2. The Morgan fingerprint density at radius 2 is 1.69 bits per heavy atom. The highest BCUT2D eigenvalue weighted by atomic mass is 16.3. The predicted molar refractivity (Wildman–Crippen MR) is 123 cm³/mol. The molecule has 3 aromatic carbocycles. The first-order chi connectivity index (χ1) is 15.4. The number of aliphatic hydroxyl groups excluding tert-OH is 1. The standard InChI is InChI=1S/C26H25N3O3/c1-3-29-23-14-17(24(31)27-15-16(2)30)12-13-22(23)28-25(29)26(32)20-10-6-4-8-18(20)19-9-5-7-11-21(19)26/h4-14,16,30,32H,3,15H2,1-2H3,(H,27,31). The van der Waals surface area contributed by atoms with Gasteiger partial charge in [-0.15, -0.1) is 0 Å². The first kappa shape index (κ1) is 20.4. The van der Waals surface area contributed by atoms with Crippen LogP contribution in [0, 0.1) is 0 Å². The number of aromatic nitrogens is 2. The SMILES string of the molecule is CCn1c(C2(O)c3ccccc3-c3ccccc32)nc2ccc(C(=O)NCC(C)O)cc21. The molecule has 0 radical (unpaired) electrons. The van der Waals surface area contributed by atoms with E-state index in [1.165, 1.54) is 0 Å². The van der Waals surface area contributed by atoms with Gasteiger partial charge in [-0.05, 0) is 43.2 Å². The van der Waals surface area contributed by atoms with E-state index < -0.39 is 11.7 Å². The quantitative estimate of drug-likeness (QED) is 0.455. The van der Waals surface area contributed by atoms with E-state index in [1.54, 1.807) is 25.1 Å². The van der Waals surface area contributed by atoms with Crippen molar-refractivity contribution in [2.45, 2.75) is 32.1 Å². The number of amides is 1. The third-order valence-corrected chi connectivity index (χ3v) is 6.13. The molecular weight excluding hydrogens is 402 g/mol. The van der Waals surface area contributed by atoms with Crippen molar-refractivity contribution in [3.63, 3.8) is 0 Å². The third-order valence-electron chi connectivity index (χ3n) is 6.13. The number of imidazole rings is 1. The molecule has 1 aliphatic carbocycles. The lowest BCUT2D eigenvalue weighted by molar-refractivity contribution is 0.0924. The summed E-state index contributed by atoms with van der Waals surface area (Å²) in [5.74, 6) is 0.280. The van der Waals surface area contributed by atoms with Crippen LogP contribution < -0.4 is 5.32 Å². The lowest BCUT2D eigenvalue weighted by atomic mass is 9.90. The molecule has 1 amide bonds. The van der Waals surface area contributed by atoms with Crippen molar-refractivity contribution in [1.29, 1.82) is 0 Å². The molecule has 0 fully saturated rings. The van der Waals surface area contributed by atoms with Crippen molar-refractivity contribution in [1.82, 2.24) is 14.9 Å². The maximum absolute atomic E-state index is 12.5. The van der Waals surface area contributed by atoms with Crippen molar-refractivity contribution in [2.75, 3.05) is 6.54 Å². The average Bonchev–Trinajstić information content (AvgIpc) is 3.31. The second kappa shape index (κ2) is 7.58. The zero-order valence-corrected chi connectivity index (χ0v) is 18.0. The summed E-state index contributed by atoms with van der Waals surface area (Å²) < 4.78 is 1.97. The van der Waals surface area contributed by atoms with Gasteiger partial charge in [0.05, 0.1) is 17.1 Å². The number of aryl methyl sites for hydroxylation is 1. The van der Waals surface area contributed by atoms with Crippen LogP contribution in [0.25, 0.3) is 22.2 Å². The lowest BCUT2D eigenvalue weighted by Crippen LogP contribution is -2.30. The van der Waals surface area contributed by atoms with Gasteiger partial charge in [-0.25, -0.2) is 4.98 Å². The normalized spacial score (nSPS) is 14.8. The van der Waals surface area contributed by atoms with E-state index in [4.69, 9.17) is 4.98 Å². The molecule has 162 valence electrons. The molecule has 6 nitrogen and oxygen atoms in total. The monoisotopic (exact) mass is 427 g/mol. The molecule has 1 atom stereocenters. The van der Waals surface area contributed by atoms with Gasteiger partial charge in [0.25, 0.3) is 5.91 Å². The van der Waals surface area contributed by atoms with Crippen LogP contribution >= 0.6 is 0 Å². The summed E-state index contributed by atoms with van der Waals surface area (Å²) in [4.78, 5) is 17.4. The highest BCUT2D eigenvalue weighted by molar-refractivity contribution is 5.97. The minimum Gasteiger partial charge on any atom is -0.392 e. The Hall–Kier alpha value is -3.48. The summed E-state index contributed by atoms with van der Waals surface area (Å²) in [6.07, 6.45) is -0.618. The molecule has 1 unspecified atom stereocenters. The van der Waals surface area contributed by atoms with E-state index in [2.05, 4.69) is 5.32 Å². The molecule has 0 saturated heterocycles. The number of hydrogen-bond donors (Lipinski definition) is 3. The van der Waals surface area contributed by atoms with Gasteiger partial charge >= 0.3 is 0 Å². The van der Waals surface area contributed by atoms with E-state index in [0.29, 0.717) is 23.4 Å². The van der Waals surface area contributed by atoms with Gasteiger partial charge in [-0.1, -0.05) is 48.5 Å². The Balaban J connectivity index is 1.69. The Morgan fingerprint density at radius 3 is 2.28 bits per heavy atom. The van der Waals surface area contributed by atoms with Gasteiger partial charge in [-0.3, -0.25) is 4.79 Å². The van der Waals surface area contributed by atoms with Crippen LogP contribution in [0.2, 0.25) is 0 Å². The molecule has 3 N–H and O–H groups in total. The number of carbonyl (C=O) groups is 1. The highest BCUT2D eigenvalue weighted by Gasteiger charge is 2.46. The number of fused-ring (bicyclic) bond motifs is 4. The molecule has 0 aliphatic heterocycles. The Kier molecular flexibility index (Phi) is 4.84. The molecular formula is C26H25N3O3. The van der Waals surface area contributed by atoms with Crippen molar-refractivity contribution in [2.24, 2.45) is 0 Å². The van der Waals surface area contributed by atoms with Gasteiger partial charge in [-0.2, -0.15) is 0 Å². The number of rotatable bonds is 5. The van der Waals surface area contributed by atoms with Crippen LogP contribution in [0.1, 0.15) is 41.2 Å². The lowest BCUT2D eigenvalue weighted by Gasteiger charge is -2.26. The van der Waals surface area contributed by atoms with Crippen molar-refractivity contribution in [3.8, 4) is 11.1 Å². The number of benzene rings is 3. The molecule has 5 rings (SSSR count). The largest absolute Gasteiger partial charge is 0.392 e. The second-order valence-electron chi connectivity index (χ2n) is 8.24. The maximum atomic E-state index is 12.5. The van der Waals surface area contributed by atoms with E-state index in [0.717, 1.165) is 27.8 Å². The third kappa shape index (κ3) is 2.95. The predicted octanol–water partition coefficient (Wildman–Crippen LogP) is 3.43. The topological polar surface area (TPSA) is 87.4 Å². The second-order valence-corrected chi connectivity index (χ2v) is 8.24. The Labute approximate surface area is 186 Å². The molecule has 1 aromatic heterocycles. The fourth-order valence-electron chi connectivity index (χ4n) is 4.66. The number of hydrogen-bond acceptors (Lipinski definition) is 4. The summed E-state index contributed by atoms with van der Waals surface area (Å²) in [7, 11) is 0. The number of nitrogens with one attached hydrogen (secondary N) is 1. The summed E-state index contributed by atoms with van der Waals surface area (Å²) >= 11 is 0. The van der Waals surface area contributed by atoms with Crippen molar-refractivity contribution < 1.29 is 15.0 Å². The number of aliphatic hydroxyl groups is 2. The fourth-order valence-corrected chi connectivity index (χ4v) is 4.66. The van der Waals surface area contributed by atoms with Crippen LogP contribution in [-0.4, -0.2) is 38.3 Å². The minimum atomic E-state index is -1.39. The van der Waals surface area contributed by atoms with Crippen LogP contribution in [0.5, 0.6) is 0 Å². The van der Waals surface area contributed by atoms with Crippen molar-refractivity contribution in [3.05, 3.63) is 89.2 Å². The van der Waals surface area contributed by atoms with E-state index >= 15 is 0 Å². The molecule has 32 heavy (non-hydrogen) atoms. The fraction of sp³-hybridized carbons (Fsp3) is 0.231. The summed E-state index contributed by atoms with van der Waals surface area (Å²) in [5.41, 5.74) is 4.20. The maximum Gasteiger partial charge on any atom is 0.251 e. The zero-order chi connectivity index (χ0) is 22.5. The molecule has 1 aliphatic rings. The van der Waals surface area contributed by atoms with E-state index in [1.807, 2.05) is 60.0 Å². The zero-order valence-electron chi connectivity index (χ0n) is 18.0. The summed E-state index contributed by atoms with van der Waals surface area (Å²) in [6, 6.07) is 21.1. The smallest absolute Gasteiger partial charge is 0.251 e. The first-order valence-corrected chi connectivity index (χ1v) is 10.8. The van der Waals surface area contributed by atoms with Gasteiger partial charge in [0.15, 0.2) is 11.4 Å². The number of carbonyl (C=O) groups excluding carboxylic acids is 1. The molecule has 0 saturated carbocycles. The molecule has 0 bridgehead atoms. The molecule has 6 heteroatoms. The first-order valence-electron chi connectivity index (χ1n) is 10.8. The Morgan fingerprint density at radius 1 is 1.06 bits per heavy atom. The van der Waals surface area contributed by atoms with E-state index in [9.17, 15) is 15.0 Å². The van der Waals surface area contributed by atoms with Crippen molar-refractivity contribution >= 4 is 16.9 Å². The highest BCUT2D eigenvalue weighted by Crippen LogP contribution is 2.50. The molecule has 4 aromatic rings. The average molecular weight is 428 g/mol. The van der Waals surface area contributed by atoms with E-state index in [-0.39, 0.29) is 12.5 Å². The van der Waals surface area contributed by atoms with Gasteiger partial charge in [0.2, 0.25) is 0 Å². The van der Waals surface area contributed by atoms with Crippen LogP contribution in [0.4, 0.5) is 0 Å². The molecule has 0 spiro atoms. The summed E-state index contributed by atoms with van der Waals surface area (Å²) in [5, 5.41) is 24.4. The van der Waals surface area contributed by atoms with Gasteiger partial charge < -0.3 is 20.1 Å². The van der Waals surface area contributed by atoms with Gasteiger partial charge in [0, 0.05) is 29.8 Å². The van der Waals surface area contributed by atoms with Crippen LogP contribution in [-0.2, 0) is 12.1 Å².